The molecule has 1 spiro atoms. The quantitative estimate of drug-likeness (QED) is 0.441. The fraction of sp³-hybridized carbons (Fsp3) is 0.714. The van der Waals surface area contributed by atoms with Gasteiger partial charge in [-0.25, -0.2) is 0 Å². The highest BCUT2D eigenvalue weighted by Crippen LogP contribution is 2.53. The molecule has 0 aromatic heterocycles. The zero-order valence-electron chi connectivity index (χ0n) is 21.6. The van der Waals surface area contributed by atoms with Gasteiger partial charge in [0, 0.05) is 18.3 Å². The van der Waals surface area contributed by atoms with Gasteiger partial charge in [-0.05, 0) is 49.3 Å². The number of aromatic hydroxyl groups is 1. The smallest absolute Gasteiger partial charge is 0.309 e. The largest absolute Gasteiger partial charge is 0.508 e. The van der Waals surface area contributed by atoms with Crippen LogP contribution < -0.4 is 0 Å². The molecule has 3 aliphatic heterocycles. The summed E-state index contributed by atoms with van der Waals surface area (Å²) in [6, 6.07) is 7.32. The van der Waals surface area contributed by atoms with E-state index in [1.54, 1.807) is 12.1 Å². The number of aryl methyl sites for hydroxylation is 1. The van der Waals surface area contributed by atoms with Crippen LogP contribution in [0, 0.1) is 11.3 Å². The number of rotatable bonds is 6. The maximum absolute atomic E-state index is 12.7. The molecule has 200 valence electrons. The van der Waals surface area contributed by atoms with Gasteiger partial charge in [-0.1, -0.05) is 39.3 Å². The second kappa shape index (κ2) is 11.1. The molecule has 0 aliphatic carbocycles. The molecule has 4 rings (SSSR count). The molecule has 1 aromatic carbocycles. The highest BCUT2D eigenvalue weighted by atomic mass is 16.7. The van der Waals surface area contributed by atoms with Crippen molar-refractivity contribution < 1.29 is 38.7 Å². The standard InChI is InChI=1S/C28H40O8/c1-18-15-27(2,3)28-16-22(33-25(31)13-23(17-29)34-26(32)14-24(18)36-28)12-21(35-28)10-5-4-7-19-8-6-9-20(30)11-19/h6,8-9,11,18,21-24,29-30H,4-5,7,10,12-17H2,1-3H3/t18-,21-,22-,23-,24+,28+/m1/s1. The normalized spacial score (nSPS) is 34.6. The van der Waals surface area contributed by atoms with E-state index >= 15 is 0 Å². The number of ether oxygens (including phenoxy) is 4. The van der Waals surface area contributed by atoms with Crippen LogP contribution in [0.3, 0.4) is 0 Å². The summed E-state index contributed by atoms with van der Waals surface area (Å²) in [7, 11) is 0. The summed E-state index contributed by atoms with van der Waals surface area (Å²) in [6.45, 7) is 5.87. The summed E-state index contributed by atoms with van der Waals surface area (Å²) in [5.41, 5.74) is 0.742. The number of fused-ring (bicyclic) bond motifs is 2. The Hall–Kier alpha value is -2.16. The number of hydrogen-bond donors (Lipinski definition) is 2. The lowest BCUT2D eigenvalue weighted by atomic mass is 9.68. The van der Waals surface area contributed by atoms with Gasteiger partial charge >= 0.3 is 11.9 Å². The molecule has 0 radical (unpaired) electrons. The fourth-order valence-electron chi connectivity index (χ4n) is 6.05. The summed E-state index contributed by atoms with van der Waals surface area (Å²) < 4.78 is 24.6. The van der Waals surface area contributed by atoms with Gasteiger partial charge in [-0.2, -0.15) is 0 Å². The van der Waals surface area contributed by atoms with Crippen LogP contribution in [0.15, 0.2) is 24.3 Å². The van der Waals surface area contributed by atoms with Crippen LogP contribution in [0.2, 0.25) is 0 Å². The number of cyclic esters (lactones) is 1. The van der Waals surface area contributed by atoms with Crippen molar-refractivity contribution in [3.05, 3.63) is 29.8 Å². The van der Waals surface area contributed by atoms with E-state index in [0.717, 1.165) is 37.7 Å². The molecule has 6 atom stereocenters. The number of phenols is 1. The first kappa shape index (κ1) is 26.9. The molecule has 8 nitrogen and oxygen atoms in total. The summed E-state index contributed by atoms with van der Waals surface area (Å²) in [5, 5.41) is 19.3. The van der Waals surface area contributed by atoms with Gasteiger partial charge in [-0.15, -0.1) is 0 Å². The lowest BCUT2D eigenvalue weighted by Crippen LogP contribution is -2.62. The SMILES string of the molecule is C[C@@H]1CC(C)(C)[C@@]23C[C@@H](C[C@@H](CCCCc4cccc(O)c4)O2)OC(=O)C[C@H](CO)OC(=O)C[C@@H]1O3. The Morgan fingerprint density at radius 3 is 2.53 bits per heavy atom. The molecule has 3 heterocycles. The van der Waals surface area contributed by atoms with Crippen molar-refractivity contribution in [1.82, 2.24) is 0 Å². The van der Waals surface area contributed by atoms with Crippen LogP contribution in [0.4, 0.5) is 0 Å². The molecule has 0 saturated carbocycles. The number of benzene rings is 1. The second-order valence-electron chi connectivity index (χ2n) is 11.4. The maximum atomic E-state index is 12.7. The maximum Gasteiger partial charge on any atom is 0.309 e. The summed E-state index contributed by atoms with van der Waals surface area (Å²) in [4.78, 5) is 25.3. The van der Waals surface area contributed by atoms with E-state index in [1.165, 1.54) is 0 Å². The second-order valence-corrected chi connectivity index (χ2v) is 11.4. The van der Waals surface area contributed by atoms with Crippen molar-refractivity contribution in [1.29, 1.82) is 0 Å². The van der Waals surface area contributed by atoms with E-state index in [-0.39, 0.29) is 48.2 Å². The summed E-state index contributed by atoms with van der Waals surface area (Å²) in [5.74, 6) is -1.58. The Labute approximate surface area is 213 Å². The molecular formula is C28H40O8. The van der Waals surface area contributed by atoms with Crippen molar-refractivity contribution >= 4 is 11.9 Å². The summed E-state index contributed by atoms with van der Waals surface area (Å²) in [6.07, 6.45) is 3.30. The van der Waals surface area contributed by atoms with Crippen molar-refractivity contribution in [2.75, 3.05) is 6.61 Å². The first-order valence-corrected chi connectivity index (χ1v) is 13.2. The first-order chi connectivity index (χ1) is 17.1. The third-order valence-electron chi connectivity index (χ3n) is 7.93. The Morgan fingerprint density at radius 1 is 1.00 bits per heavy atom. The molecule has 0 amide bonds. The minimum atomic E-state index is -0.973. The van der Waals surface area contributed by atoms with Crippen LogP contribution >= 0.6 is 0 Å². The van der Waals surface area contributed by atoms with Crippen LogP contribution in [0.1, 0.15) is 77.7 Å². The van der Waals surface area contributed by atoms with Gasteiger partial charge in [0.15, 0.2) is 5.79 Å². The highest BCUT2D eigenvalue weighted by molar-refractivity contribution is 5.73. The molecule has 2 N–H and O–H groups in total. The number of esters is 2. The zero-order chi connectivity index (χ0) is 25.9. The monoisotopic (exact) mass is 504 g/mol. The van der Waals surface area contributed by atoms with Crippen LogP contribution in [0.25, 0.3) is 0 Å². The Kier molecular flexibility index (Phi) is 8.27. The number of hydrogen-bond acceptors (Lipinski definition) is 8. The van der Waals surface area contributed by atoms with Crippen molar-refractivity contribution in [3.8, 4) is 5.75 Å². The van der Waals surface area contributed by atoms with Crippen LogP contribution in [-0.4, -0.2) is 59.0 Å². The fourth-order valence-corrected chi connectivity index (χ4v) is 6.05. The van der Waals surface area contributed by atoms with Crippen LogP contribution in [0.5, 0.6) is 5.75 Å². The third-order valence-corrected chi connectivity index (χ3v) is 7.93. The van der Waals surface area contributed by atoms with Gasteiger partial charge < -0.3 is 29.2 Å². The van der Waals surface area contributed by atoms with Crippen LogP contribution in [-0.2, 0) is 35.0 Å². The molecule has 3 fully saturated rings. The zero-order valence-corrected chi connectivity index (χ0v) is 21.6. The number of unbranched alkanes of at least 4 members (excludes halogenated alkanes) is 1. The number of aliphatic hydroxyl groups excluding tert-OH is 1. The number of phenolic OH excluding ortho intramolecular Hbond substituents is 1. The topological polar surface area (TPSA) is 112 Å². The lowest BCUT2D eigenvalue weighted by Gasteiger charge is -2.57. The van der Waals surface area contributed by atoms with Crippen molar-refractivity contribution in [3.63, 3.8) is 0 Å². The number of carbonyl (C=O) groups excluding carboxylic acids is 2. The Morgan fingerprint density at radius 2 is 1.78 bits per heavy atom. The molecular weight excluding hydrogens is 464 g/mol. The van der Waals surface area contributed by atoms with Gasteiger partial charge in [-0.3, -0.25) is 9.59 Å². The Bertz CT molecular complexity index is 930. The van der Waals surface area contributed by atoms with Gasteiger partial charge in [0.25, 0.3) is 0 Å². The van der Waals surface area contributed by atoms with E-state index in [4.69, 9.17) is 18.9 Å². The van der Waals surface area contributed by atoms with E-state index in [0.29, 0.717) is 12.8 Å². The first-order valence-electron chi connectivity index (χ1n) is 13.2. The molecule has 3 aliphatic rings. The molecule has 0 unspecified atom stereocenters. The summed E-state index contributed by atoms with van der Waals surface area (Å²) >= 11 is 0. The van der Waals surface area contributed by atoms with E-state index in [1.807, 2.05) is 12.1 Å². The highest BCUT2D eigenvalue weighted by Gasteiger charge is 2.58. The number of carbonyl (C=O) groups is 2. The van der Waals surface area contributed by atoms with Crippen molar-refractivity contribution in [2.45, 2.75) is 109 Å². The van der Waals surface area contributed by atoms with E-state index in [2.05, 4.69) is 20.8 Å². The lowest BCUT2D eigenvalue weighted by molar-refractivity contribution is -0.381. The molecule has 8 heteroatoms. The Balaban J connectivity index is 1.50. The van der Waals surface area contributed by atoms with Gasteiger partial charge in [0.1, 0.15) is 18.0 Å². The minimum absolute atomic E-state index is 0.0488. The van der Waals surface area contributed by atoms with Crippen molar-refractivity contribution in [2.24, 2.45) is 11.3 Å². The molecule has 3 bridgehead atoms. The molecule has 1 aromatic rings. The van der Waals surface area contributed by atoms with Gasteiger partial charge in [0.05, 0.1) is 31.7 Å². The predicted molar refractivity (Wildman–Crippen MR) is 131 cm³/mol. The van der Waals surface area contributed by atoms with E-state index in [9.17, 15) is 19.8 Å². The molecule has 3 saturated heterocycles. The minimum Gasteiger partial charge on any atom is -0.508 e. The van der Waals surface area contributed by atoms with E-state index < -0.39 is 30.4 Å². The predicted octanol–water partition coefficient (Wildman–Crippen LogP) is 4.04. The molecule has 36 heavy (non-hydrogen) atoms. The average Bonchev–Trinajstić information content (AvgIpc) is 2.79. The third kappa shape index (κ3) is 6.21. The number of aliphatic hydroxyl groups is 1. The average molecular weight is 505 g/mol. The van der Waals surface area contributed by atoms with Gasteiger partial charge in [0.2, 0.25) is 0 Å².